The van der Waals surface area contributed by atoms with Crippen molar-refractivity contribution in [2.24, 2.45) is 0 Å². The lowest BCUT2D eigenvalue weighted by atomic mass is 10.8. The van der Waals surface area contributed by atoms with Gasteiger partial charge in [-0.25, -0.2) is 0 Å². The highest BCUT2D eigenvalue weighted by Crippen LogP contribution is 1.56. The zero-order chi connectivity index (χ0) is 23.1. The van der Waals surface area contributed by atoms with E-state index in [1.54, 1.807) is 49.6 Å². The monoisotopic (exact) mass is 370 g/mol. The third kappa shape index (κ3) is 984000. The van der Waals surface area contributed by atoms with Gasteiger partial charge in [-0.1, -0.05) is 42.5 Å². The van der Waals surface area contributed by atoms with Crippen LogP contribution < -0.4 is 0 Å². The Balaban J connectivity index is -0.0000000240. The Morgan fingerprint density at radius 2 is 0.654 bits per heavy atom. The summed E-state index contributed by atoms with van der Waals surface area (Å²) in [5.41, 5.74) is 0. The molecule has 0 aliphatic carbocycles. The van der Waals surface area contributed by atoms with E-state index in [1.807, 2.05) is 48.5 Å². The highest BCUT2D eigenvalue weighted by atomic mass is 16.5. The van der Waals surface area contributed by atoms with E-state index in [0.29, 0.717) is 6.61 Å². The predicted molar refractivity (Wildman–Crippen MR) is 130 cm³/mol. The number of ether oxygens (including phenoxy) is 1. The normalized spacial score (nSPS) is 5.12. The lowest BCUT2D eigenvalue weighted by molar-refractivity contribution is 0.135. The SMILES string of the molecule is C=CC.C=CC.C=CC.C=CC.C=CC.C=CC.C=CC.COCCO. The minimum absolute atomic E-state index is 0.122. The summed E-state index contributed by atoms with van der Waals surface area (Å²) in [4.78, 5) is 0. The number of allylic oxidation sites excluding steroid dienone is 7. The molecule has 0 atom stereocenters. The summed E-state index contributed by atoms with van der Waals surface area (Å²) in [6.07, 6.45) is 12.2. The van der Waals surface area contributed by atoms with Crippen LogP contribution in [0.5, 0.6) is 0 Å². The Hall–Kier alpha value is -1.90. The number of aliphatic hydroxyl groups is 1. The number of methoxy groups -OCH3 is 1. The summed E-state index contributed by atoms with van der Waals surface area (Å²) in [6, 6.07) is 0. The van der Waals surface area contributed by atoms with Gasteiger partial charge in [-0.15, -0.1) is 46.1 Å². The van der Waals surface area contributed by atoms with Gasteiger partial charge < -0.3 is 9.84 Å². The van der Waals surface area contributed by atoms with Gasteiger partial charge in [0.15, 0.2) is 0 Å². The van der Waals surface area contributed by atoms with Crippen molar-refractivity contribution >= 4 is 0 Å². The average Bonchev–Trinajstić information content (AvgIpc) is 2.53. The standard InChI is InChI=1S/C3H8O2.7C3H6/c1-5-3-2-4;7*1-3-2/h4H,2-3H2,1H3;7*3H,1H2,2H3. The van der Waals surface area contributed by atoms with Crippen LogP contribution in [0, 0.1) is 0 Å². The van der Waals surface area contributed by atoms with E-state index in [4.69, 9.17) is 5.11 Å². The van der Waals surface area contributed by atoms with E-state index in [1.165, 1.54) is 0 Å². The highest BCUT2D eigenvalue weighted by molar-refractivity contribution is 4.53. The molecular formula is C24H50O2. The lowest BCUT2D eigenvalue weighted by Crippen LogP contribution is -1.91. The molecule has 2 nitrogen and oxygen atoms in total. The molecule has 0 saturated heterocycles. The predicted octanol–water partition coefficient (Wildman–Crippen LogP) is 7.97. The number of rotatable bonds is 2. The summed E-state index contributed by atoms with van der Waals surface area (Å²) in [6.45, 7) is 37.3. The van der Waals surface area contributed by atoms with Crippen molar-refractivity contribution in [2.45, 2.75) is 48.5 Å². The van der Waals surface area contributed by atoms with Crippen LogP contribution in [0.2, 0.25) is 0 Å². The smallest absolute Gasteiger partial charge is 0.0693 e. The molecule has 0 radical (unpaired) electrons. The van der Waals surface area contributed by atoms with Crippen molar-refractivity contribution in [1.82, 2.24) is 0 Å². The molecule has 0 saturated carbocycles. The molecule has 2 heteroatoms. The molecule has 0 rings (SSSR count). The molecule has 0 aromatic carbocycles. The van der Waals surface area contributed by atoms with Crippen molar-refractivity contribution in [3.05, 3.63) is 88.6 Å². The van der Waals surface area contributed by atoms with Crippen LogP contribution in [0.1, 0.15) is 48.5 Å². The maximum atomic E-state index is 7.94. The van der Waals surface area contributed by atoms with Gasteiger partial charge >= 0.3 is 0 Å². The maximum Gasteiger partial charge on any atom is 0.0693 e. The van der Waals surface area contributed by atoms with Crippen molar-refractivity contribution in [3.8, 4) is 0 Å². The lowest BCUT2D eigenvalue weighted by Gasteiger charge is -1.84. The number of hydrogen-bond acceptors (Lipinski definition) is 2. The van der Waals surface area contributed by atoms with Gasteiger partial charge in [0.1, 0.15) is 0 Å². The van der Waals surface area contributed by atoms with Crippen LogP contribution in [0.25, 0.3) is 0 Å². The molecule has 0 aromatic rings. The van der Waals surface area contributed by atoms with Gasteiger partial charge in [-0.05, 0) is 48.5 Å². The van der Waals surface area contributed by atoms with Gasteiger partial charge in [-0.3, -0.25) is 0 Å². The first-order chi connectivity index (χ1) is 12.3. The molecule has 0 fully saturated rings. The van der Waals surface area contributed by atoms with Crippen LogP contribution >= 0.6 is 0 Å². The first-order valence-electron chi connectivity index (χ1n) is 8.41. The molecule has 0 spiro atoms. The first-order valence-corrected chi connectivity index (χ1v) is 8.41. The Kier molecular flexibility index (Phi) is 328. The molecule has 1 N–H and O–H groups in total. The molecule has 0 aliphatic heterocycles. The second-order valence-electron chi connectivity index (χ2n) is 3.57. The fourth-order valence-corrected chi connectivity index (χ4v) is 0.0913. The van der Waals surface area contributed by atoms with Crippen LogP contribution in [0.4, 0.5) is 0 Å². The van der Waals surface area contributed by atoms with Gasteiger partial charge in [0.2, 0.25) is 0 Å². The van der Waals surface area contributed by atoms with E-state index >= 15 is 0 Å². The molecule has 0 unspecified atom stereocenters. The van der Waals surface area contributed by atoms with Crippen LogP contribution in [-0.4, -0.2) is 25.4 Å². The summed E-state index contributed by atoms with van der Waals surface area (Å²) in [5, 5.41) is 7.94. The fraction of sp³-hybridized carbons (Fsp3) is 0.417. The van der Waals surface area contributed by atoms with E-state index in [-0.39, 0.29) is 6.61 Å². The first kappa shape index (κ1) is 49.6. The van der Waals surface area contributed by atoms with E-state index in [9.17, 15) is 0 Å². The summed E-state index contributed by atoms with van der Waals surface area (Å²) >= 11 is 0. The second kappa shape index (κ2) is 172. The van der Waals surface area contributed by atoms with Crippen molar-refractivity contribution in [1.29, 1.82) is 0 Å². The molecule has 0 amide bonds. The Morgan fingerprint density at radius 3 is 0.654 bits per heavy atom. The summed E-state index contributed by atoms with van der Waals surface area (Å²) in [5.74, 6) is 0. The minimum atomic E-state index is 0.122. The topological polar surface area (TPSA) is 29.5 Å². The molecule has 158 valence electrons. The molecular weight excluding hydrogens is 320 g/mol. The number of aliphatic hydroxyl groups excluding tert-OH is 1. The summed E-state index contributed by atoms with van der Waals surface area (Å²) in [7, 11) is 1.55. The summed E-state index contributed by atoms with van der Waals surface area (Å²) < 4.78 is 4.44. The average molecular weight is 371 g/mol. The van der Waals surface area contributed by atoms with Crippen LogP contribution in [-0.2, 0) is 4.74 Å². The van der Waals surface area contributed by atoms with Crippen molar-refractivity contribution < 1.29 is 9.84 Å². The maximum absolute atomic E-state index is 7.94. The van der Waals surface area contributed by atoms with Gasteiger partial charge in [0, 0.05) is 7.11 Å². The molecule has 0 aromatic heterocycles. The molecule has 0 aliphatic rings. The molecule has 0 bridgehead atoms. The molecule has 0 heterocycles. The van der Waals surface area contributed by atoms with Gasteiger partial charge in [0.05, 0.1) is 13.2 Å². The van der Waals surface area contributed by atoms with Crippen LogP contribution in [0.15, 0.2) is 88.6 Å². The van der Waals surface area contributed by atoms with E-state index in [2.05, 4.69) is 50.8 Å². The quantitative estimate of drug-likeness (QED) is 0.499. The number of hydrogen-bond donors (Lipinski definition) is 1. The minimum Gasteiger partial charge on any atom is -0.394 e. The highest BCUT2D eigenvalue weighted by Gasteiger charge is 1.67. The largest absolute Gasteiger partial charge is 0.394 e. The fourth-order valence-electron chi connectivity index (χ4n) is 0.0913. The zero-order valence-corrected chi connectivity index (χ0v) is 19.3. The van der Waals surface area contributed by atoms with Crippen LogP contribution in [0.3, 0.4) is 0 Å². The molecule has 26 heavy (non-hydrogen) atoms. The third-order valence-corrected chi connectivity index (χ3v) is 0.295. The van der Waals surface area contributed by atoms with Crippen molar-refractivity contribution in [2.75, 3.05) is 20.3 Å². The third-order valence-electron chi connectivity index (χ3n) is 0.295. The Bertz CT molecular complexity index is 155. The van der Waals surface area contributed by atoms with E-state index in [0.717, 1.165) is 0 Å². The Labute approximate surface area is 167 Å². The van der Waals surface area contributed by atoms with E-state index < -0.39 is 0 Å². The van der Waals surface area contributed by atoms with Gasteiger partial charge in [0.25, 0.3) is 0 Å². The Morgan fingerprint density at radius 1 is 0.538 bits per heavy atom. The zero-order valence-electron chi connectivity index (χ0n) is 19.3. The van der Waals surface area contributed by atoms with Gasteiger partial charge in [-0.2, -0.15) is 0 Å². The second-order valence-corrected chi connectivity index (χ2v) is 3.57. The van der Waals surface area contributed by atoms with Crippen molar-refractivity contribution in [3.63, 3.8) is 0 Å².